The lowest BCUT2D eigenvalue weighted by Gasteiger charge is -2.19. The van der Waals surface area contributed by atoms with E-state index in [4.69, 9.17) is 24.5 Å². The second kappa shape index (κ2) is 20.1. The lowest BCUT2D eigenvalue weighted by molar-refractivity contribution is -0.137. The molecule has 0 radical (unpaired) electrons. The third-order valence-corrected chi connectivity index (χ3v) is 6.74. The average molecular weight is 617 g/mol. The number of azide groups is 1. The number of anilines is 1. The molecule has 2 heterocycles. The normalized spacial score (nSPS) is 12.8. The van der Waals surface area contributed by atoms with E-state index in [-0.39, 0.29) is 44.3 Å². The number of hydrogen-bond acceptors (Lipinski definition) is 9. The first kappa shape index (κ1) is 34.5. The summed E-state index contributed by atoms with van der Waals surface area (Å²) in [4.78, 5) is 31.4. The third-order valence-electron chi connectivity index (χ3n) is 6.74. The van der Waals surface area contributed by atoms with Crippen molar-refractivity contribution in [3.05, 3.63) is 63.4 Å². The van der Waals surface area contributed by atoms with Crippen molar-refractivity contribution in [3.63, 3.8) is 0 Å². The Bertz CT molecular complexity index is 1240. The fraction of sp³-hybridized carbons (Fsp3) is 0.567. The van der Waals surface area contributed by atoms with Crippen molar-refractivity contribution in [2.45, 2.75) is 51.0 Å². The van der Waals surface area contributed by atoms with Crippen LogP contribution in [0.4, 0.5) is 10.2 Å². The summed E-state index contributed by atoms with van der Waals surface area (Å²) in [7, 11) is 0. The Morgan fingerprint density at radius 2 is 1.82 bits per heavy atom. The van der Waals surface area contributed by atoms with Gasteiger partial charge in [0.25, 0.3) is 0 Å². The van der Waals surface area contributed by atoms with E-state index in [1.165, 1.54) is 17.7 Å². The van der Waals surface area contributed by atoms with Gasteiger partial charge in [0.2, 0.25) is 5.91 Å². The van der Waals surface area contributed by atoms with Gasteiger partial charge in [0, 0.05) is 30.1 Å². The van der Waals surface area contributed by atoms with Gasteiger partial charge in [-0.25, -0.2) is 9.37 Å². The highest BCUT2D eigenvalue weighted by Gasteiger charge is 2.20. The van der Waals surface area contributed by atoms with Crippen LogP contribution >= 0.6 is 0 Å². The number of hydrogen-bond donors (Lipinski definition) is 3. The molecule has 0 saturated heterocycles. The first-order chi connectivity index (χ1) is 21.5. The number of aromatic nitrogens is 1. The summed E-state index contributed by atoms with van der Waals surface area (Å²) in [6, 6.07) is 7.40. The molecule has 1 aliphatic rings. The van der Waals surface area contributed by atoms with Gasteiger partial charge in [-0.15, -0.1) is 0 Å². The molecule has 3 rings (SSSR count). The zero-order valence-corrected chi connectivity index (χ0v) is 24.8. The Morgan fingerprint density at radius 1 is 1.07 bits per heavy atom. The minimum atomic E-state index is -1.11. The van der Waals surface area contributed by atoms with E-state index in [1.807, 2.05) is 6.07 Å². The molecular weight excluding hydrogens is 575 g/mol. The maximum atomic E-state index is 14.8. The molecule has 0 saturated carbocycles. The second-order valence-electron chi connectivity index (χ2n) is 10.1. The van der Waals surface area contributed by atoms with Gasteiger partial charge < -0.3 is 34.7 Å². The number of unbranched alkanes of at least 4 members (excludes halogenated alkanes) is 1. The summed E-state index contributed by atoms with van der Waals surface area (Å²) in [5.41, 5.74) is 10.7. The summed E-state index contributed by atoms with van der Waals surface area (Å²) in [6.07, 6.45) is 4.09. The molecule has 3 N–H and O–H groups in total. The quantitative estimate of drug-likeness (QED) is 0.0750. The van der Waals surface area contributed by atoms with Crippen molar-refractivity contribution in [1.29, 1.82) is 0 Å². The highest BCUT2D eigenvalue weighted by Crippen LogP contribution is 2.25. The largest absolute Gasteiger partial charge is 0.488 e. The van der Waals surface area contributed by atoms with Crippen molar-refractivity contribution in [1.82, 2.24) is 10.3 Å². The van der Waals surface area contributed by atoms with Gasteiger partial charge in [0.15, 0.2) is 11.6 Å². The minimum absolute atomic E-state index is 0.00197. The second-order valence-corrected chi connectivity index (χ2v) is 10.1. The molecule has 1 atom stereocenters. The van der Waals surface area contributed by atoms with Crippen molar-refractivity contribution < 1.29 is 38.0 Å². The highest BCUT2D eigenvalue weighted by atomic mass is 19.1. The summed E-state index contributed by atoms with van der Waals surface area (Å²) in [6.45, 7) is 3.28. The van der Waals surface area contributed by atoms with Crippen molar-refractivity contribution in [3.8, 4) is 5.75 Å². The monoisotopic (exact) mass is 616 g/mol. The van der Waals surface area contributed by atoms with E-state index in [9.17, 15) is 19.1 Å². The lowest BCUT2D eigenvalue weighted by atomic mass is 10.0. The van der Waals surface area contributed by atoms with Gasteiger partial charge in [-0.2, -0.15) is 0 Å². The van der Waals surface area contributed by atoms with Gasteiger partial charge in [0.1, 0.15) is 12.4 Å². The molecule has 13 nitrogen and oxygen atoms in total. The number of rotatable bonds is 22. The lowest BCUT2D eigenvalue weighted by Crippen LogP contribution is -2.30. The molecule has 0 unspecified atom stereocenters. The first-order valence-corrected chi connectivity index (χ1v) is 14.9. The number of nitrogens with zero attached hydrogens (tertiary/aromatic N) is 4. The number of carboxylic acids is 1. The topological polar surface area (TPSA) is 177 Å². The number of carboxylic acid groups (broad SMARTS) is 1. The molecule has 0 aliphatic carbocycles. The molecule has 1 aromatic heterocycles. The highest BCUT2D eigenvalue weighted by molar-refractivity contribution is 5.77. The molecule has 14 heteroatoms. The number of carbonyl (C=O) groups excluding carboxylic acids is 1. The van der Waals surface area contributed by atoms with Crippen molar-refractivity contribution >= 4 is 17.7 Å². The molecule has 1 aromatic carbocycles. The van der Waals surface area contributed by atoms with Crippen LogP contribution in [0.2, 0.25) is 0 Å². The van der Waals surface area contributed by atoms with Gasteiger partial charge >= 0.3 is 5.97 Å². The molecule has 0 spiro atoms. The summed E-state index contributed by atoms with van der Waals surface area (Å²) in [5.74, 6) is -1.12. The van der Waals surface area contributed by atoms with Gasteiger partial charge in [-0.05, 0) is 67.0 Å². The number of aryl methyl sites for hydroxylation is 2. The van der Waals surface area contributed by atoms with E-state index < -0.39 is 17.8 Å². The van der Waals surface area contributed by atoms with Gasteiger partial charge in [-0.3, -0.25) is 9.59 Å². The summed E-state index contributed by atoms with van der Waals surface area (Å²) < 4.78 is 36.2. The number of pyridine rings is 1. The Kier molecular flexibility index (Phi) is 15.7. The Hall–Kier alpha value is -3.97. The van der Waals surface area contributed by atoms with Gasteiger partial charge in [-0.1, -0.05) is 17.2 Å². The fourth-order valence-corrected chi connectivity index (χ4v) is 4.55. The number of fused-ring (bicyclic) bond motifs is 1. The van der Waals surface area contributed by atoms with Crippen LogP contribution in [0.15, 0.2) is 35.4 Å². The maximum Gasteiger partial charge on any atom is 0.305 e. The van der Waals surface area contributed by atoms with Crippen LogP contribution < -0.4 is 15.4 Å². The Morgan fingerprint density at radius 3 is 2.55 bits per heavy atom. The number of aliphatic carboxylic acids is 1. The number of amides is 1. The Labute approximate surface area is 256 Å². The molecule has 2 aromatic rings. The number of nitrogens with one attached hydrogen (secondary N) is 2. The average Bonchev–Trinajstić information content (AvgIpc) is 3.01. The summed E-state index contributed by atoms with van der Waals surface area (Å²) in [5, 5.41) is 18.8. The predicted octanol–water partition coefficient (Wildman–Crippen LogP) is 4.36. The molecule has 1 amide bonds. The molecule has 1 aliphatic heterocycles. The fourth-order valence-electron chi connectivity index (χ4n) is 4.55. The van der Waals surface area contributed by atoms with E-state index in [0.717, 1.165) is 43.7 Å². The standard InChI is InChI=1S/C30H41FN6O7/c31-25-20-23(8-10-27(25)44-19-18-43-17-16-42-15-14-41-13-12-34-37-32)26(21-29(39)40)36-28(38)6-2-1-5-24-9-7-22-4-3-11-33-30(22)35-24/h7-10,20,26H,1-6,11-19,21H2,(H,33,35)(H,36,38)(H,39,40)/t26-/m0/s1. The predicted molar refractivity (Wildman–Crippen MR) is 160 cm³/mol. The third kappa shape index (κ3) is 13.1. The molecule has 240 valence electrons. The van der Waals surface area contributed by atoms with Crippen molar-refractivity contribution in [2.24, 2.45) is 5.11 Å². The van der Waals surface area contributed by atoms with Crippen LogP contribution in [0.25, 0.3) is 10.4 Å². The molecule has 44 heavy (non-hydrogen) atoms. The molecule has 0 fully saturated rings. The van der Waals surface area contributed by atoms with Crippen LogP contribution in [0.5, 0.6) is 5.75 Å². The SMILES string of the molecule is [N-]=[N+]=NCCOCCOCCOCCOc1ccc([C@H](CC(=O)O)NC(=O)CCCCc2ccc3c(n2)NCCC3)cc1F. The van der Waals surface area contributed by atoms with Gasteiger partial charge in [0.05, 0.1) is 52.1 Å². The van der Waals surface area contributed by atoms with E-state index in [2.05, 4.69) is 31.7 Å². The Balaban J connectivity index is 1.34. The van der Waals surface area contributed by atoms with Crippen molar-refractivity contribution in [2.75, 3.05) is 64.7 Å². The molecule has 0 bridgehead atoms. The van der Waals surface area contributed by atoms with Crippen LogP contribution in [0.1, 0.15) is 55.0 Å². The minimum Gasteiger partial charge on any atom is -0.488 e. The zero-order chi connectivity index (χ0) is 31.4. The molecular formula is C30H41FN6O7. The maximum absolute atomic E-state index is 14.8. The summed E-state index contributed by atoms with van der Waals surface area (Å²) >= 11 is 0. The number of carbonyl (C=O) groups is 2. The first-order valence-electron chi connectivity index (χ1n) is 14.9. The number of halogens is 1. The van der Waals surface area contributed by atoms with Crippen LogP contribution in [-0.4, -0.2) is 81.3 Å². The van der Waals surface area contributed by atoms with E-state index in [1.54, 1.807) is 6.07 Å². The van der Waals surface area contributed by atoms with Crippen LogP contribution in [0, 0.1) is 5.82 Å². The van der Waals surface area contributed by atoms with Crippen LogP contribution in [0.3, 0.4) is 0 Å². The van der Waals surface area contributed by atoms with Crippen LogP contribution in [-0.2, 0) is 36.6 Å². The van der Waals surface area contributed by atoms with E-state index >= 15 is 0 Å². The number of benzene rings is 1. The zero-order valence-electron chi connectivity index (χ0n) is 24.8. The smallest absolute Gasteiger partial charge is 0.305 e. The number of ether oxygens (including phenoxy) is 4. The van der Waals surface area contributed by atoms with E-state index in [0.29, 0.717) is 45.0 Å².